The second-order valence-corrected chi connectivity index (χ2v) is 4.20. The second-order valence-electron chi connectivity index (χ2n) is 4.20. The zero-order valence-electron chi connectivity index (χ0n) is 10.4. The van der Waals surface area contributed by atoms with Crippen molar-refractivity contribution < 1.29 is 24.2 Å². The first-order valence-corrected chi connectivity index (χ1v) is 6.12. The minimum atomic E-state index is -1.71. The van der Waals surface area contributed by atoms with E-state index in [0.29, 0.717) is 12.8 Å². The summed E-state index contributed by atoms with van der Waals surface area (Å²) in [6, 6.07) is 0. The van der Waals surface area contributed by atoms with Gasteiger partial charge in [0.2, 0.25) is 0 Å². The summed E-state index contributed by atoms with van der Waals surface area (Å²) in [6.07, 6.45) is 2.25. The first kappa shape index (κ1) is 14.0. The molecule has 0 aromatic heterocycles. The molecule has 2 unspecified atom stereocenters. The van der Waals surface area contributed by atoms with E-state index < -0.39 is 23.5 Å². The number of esters is 2. The Balaban J connectivity index is 2.83. The fourth-order valence-electron chi connectivity index (χ4n) is 2.21. The third-order valence-corrected chi connectivity index (χ3v) is 3.08. The molecule has 1 saturated carbocycles. The van der Waals surface area contributed by atoms with E-state index in [4.69, 9.17) is 9.47 Å². The molecule has 1 aliphatic carbocycles. The second kappa shape index (κ2) is 6.00. The maximum atomic E-state index is 11.8. The SMILES string of the molecule is CCOC(=O)C1CCCCC1(O)C(=O)OCC. The summed E-state index contributed by atoms with van der Waals surface area (Å²) in [5.74, 6) is -2.02. The Labute approximate surface area is 101 Å². The minimum Gasteiger partial charge on any atom is -0.466 e. The molecule has 0 heterocycles. The minimum absolute atomic E-state index is 0.191. The summed E-state index contributed by atoms with van der Waals surface area (Å²) in [7, 11) is 0. The maximum absolute atomic E-state index is 11.8. The van der Waals surface area contributed by atoms with Crippen molar-refractivity contribution in [1.82, 2.24) is 0 Å². The van der Waals surface area contributed by atoms with Crippen LogP contribution in [0.2, 0.25) is 0 Å². The van der Waals surface area contributed by atoms with Gasteiger partial charge in [0, 0.05) is 0 Å². The Hall–Kier alpha value is -1.10. The lowest BCUT2D eigenvalue weighted by molar-refractivity contribution is -0.185. The summed E-state index contributed by atoms with van der Waals surface area (Å²) in [5.41, 5.74) is -1.71. The van der Waals surface area contributed by atoms with Gasteiger partial charge in [-0.15, -0.1) is 0 Å². The van der Waals surface area contributed by atoms with E-state index in [1.54, 1.807) is 13.8 Å². The Kier molecular flexibility index (Phi) is 4.93. The van der Waals surface area contributed by atoms with Gasteiger partial charge in [0.05, 0.1) is 19.1 Å². The van der Waals surface area contributed by atoms with Gasteiger partial charge in [-0.1, -0.05) is 6.42 Å². The molecule has 5 heteroatoms. The van der Waals surface area contributed by atoms with E-state index in [0.717, 1.165) is 6.42 Å². The summed E-state index contributed by atoms with van der Waals surface area (Å²) in [6.45, 7) is 3.80. The van der Waals surface area contributed by atoms with Crippen molar-refractivity contribution in [2.45, 2.75) is 45.1 Å². The van der Waals surface area contributed by atoms with Gasteiger partial charge >= 0.3 is 11.9 Å². The van der Waals surface area contributed by atoms with Crippen LogP contribution in [0, 0.1) is 5.92 Å². The zero-order valence-corrected chi connectivity index (χ0v) is 10.4. The Morgan fingerprint density at radius 3 is 2.47 bits per heavy atom. The molecule has 5 nitrogen and oxygen atoms in total. The van der Waals surface area contributed by atoms with Crippen LogP contribution in [0.5, 0.6) is 0 Å². The van der Waals surface area contributed by atoms with Gasteiger partial charge in [0.25, 0.3) is 0 Å². The molecule has 0 radical (unpaired) electrons. The standard InChI is InChI=1S/C12H20O5/c1-3-16-10(13)9-7-5-6-8-12(9,15)11(14)17-4-2/h9,15H,3-8H2,1-2H3. The first-order chi connectivity index (χ1) is 8.06. The summed E-state index contributed by atoms with van der Waals surface area (Å²) >= 11 is 0. The first-order valence-electron chi connectivity index (χ1n) is 6.12. The molecule has 0 aromatic rings. The van der Waals surface area contributed by atoms with E-state index in [9.17, 15) is 14.7 Å². The van der Waals surface area contributed by atoms with Crippen LogP contribution < -0.4 is 0 Å². The molecule has 0 amide bonds. The molecule has 0 saturated heterocycles. The molecular weight excluding hydrogens is 224 g/mol. The molecule has 2 atom stereocenters. The van der Waals surface area contributed by atoms with Crippen LogP contribution in [-0.2, 0) is 19.1 Å². The van der Waals surface area contributed by atoms with Crippen molar-refractivity contribution >= 4 is 11.9 Å². The van der Waals surface area contributed by atoms with Crippen molar-refractivity contribution in [3.05, 3.63) is 0 Å². The molecule has 17 heavy (non-hydrogen) atoms. The number of aliphatic hydroxyl groups is 1. The van der Waals surface area contributed by atoms with Gasteiger partial charge in [0.1, 0.15) is 0 Å². The third kappa shape index (κ3) is 2.97. The number of hydrogen-bond donors (Lipinski definition) is 1. The zero-order chi connectivity index (χ0) is 12.9. The molecule has 1 fully saturated rings. The van der Waals surface area contributed by atoms with Gasteiger partial charge < -0.3 is 14.6 Å². The van der Waals surface area contributed by atoms with Gasteiger partial charge in [0.15, 0.2) is 5.60 Å². The highest BCUT2D eigenvalue weighted by Gasteiger charge is 2.50. The van der Waals surface area contributed by atoms with Crippen LogP contribution in [0.1, 0.15) is 39.5 Å². The van der Waals surface area contributed by atoms with Crippen LogP contribution in [0.25, 0.3) is 0 Å². The van der Waals surface area contributed by atoms with Crippen LogP contribution in [0.3, 0.4) is 0 Å². The molecule has 98 valence electrons. The highest BCUT2D eigenvalue weighted by molar-refractivity contribution is 5.87. The Morgan fingerprint density at radius 1 is 1.24 bits per heavy atom. The monoisotopic (exact) mass is 244 g/mol. The fraction of sp³-hybridized carbons (Fsp3) is 0.833. The molecule has 0 bridgehead atoms. The number of carbonyl (C=O) groups is 2. The van der Waals surface area contributed by atoms with Crippen LogP contribution in [0.15, 0.2) is 0 Å². The predicted molar refractivity (Wildman–Crippen MR) is 60.2 cm³/mol. The molecule has 1 aliphatic rings. The van der Waals surface area contributed by atoms with E-state index in [-0.39, 0.29) is 19.6 Å². The smallest absolute Gasteiger partial charge is 0.339 e. The topological polar surface area (TPSA) is 72.8 Å². The number of carbonyl (C=O) groups excluding carboxylic acids is 2. The van der Waals surface area contributed by atoms with Crippen molar-refractivity contribution in [2.24, 2.45) is 5.92 Å². The van der Waals surface area contributed by atoms with E-state index in [2.05, 4.69) is 0 Å². The van der Waals surface area contributed by atoms with Gasteiger partial charge in [-0.05, 0) is 33.1 Å². The lowest BCUT2D eigenvalue weighted by atomic mass is 9.75. The van der Waals surface area contributed by atoms with Crippen molar-refractivity contribution in [2.75, 3.05) is 13.2 Å². The molecular formula is C12H20O5. The lowest BCUT2D eigenvalue weighted by Gasteiger charge is -2.35. The average molecular weight is 244 g/mol. The summed E-state index contributed by atoms with van der Waals surface area (Å²) in [5, 5.41) is 10.4. The Bertz CT molecular complexity index is 289. The van der Waals surface area contributed by atoms with Gasteiger partial charge in [-0.3, -0.25) is 4.79 Å². The molecule has 0 aliphatic heterocycles. The van der Waals surface area contributed by atoms with Crippen LogP contribution in [-0.4, -0.2) is 35.9 Å². The third-order valence-electron chi connectivity index (χ3n) is 3.08. The summed E-state index contributed by atoms with van der Waals surface area (Å²) in [4.78, 5) is 23.5. The average Bonchev–Trinajstić information content (AvgIpc) is 2.30. The van der Waals surface area contributed by atoms with Crippen molar-refractivity contribution in [3.8, 4) is 0 Å². The molecule has 1 N–H and O–H groups in total. The number of hydrogen-bond acceptors (Lipinski definition) is 5. The maximum Gasteiger partial charge on any atom is 0.339 e. The van der Waals surface area contributed by atoms with Crippen LogP contribution >= 0.6 is 0 Å². The van der Waals surface area contributed by atoms with E-state index in [1.165, 1.54) is 0 Å². The lowest BCUT2D eigenvalue weighted by Crippen LogP contribution is -2.52. The molecule has 0 spiro atoms. The number of ether oxygens (including phenoxy) is 2. The van der Waals surface area contributed by atoms with Gasteiger partial charge in [-0.25, -0.2) is 4.79 Å². The van der Waals surface area contributed by atoms with E-state index >= 15 is 0 Å². The Morgan fingerprint density at radius 2 is 1.88 bits per heavy atom. The number of rotatable bonds is 4. The van der Waals surface area contributed by atoms with Gasteiger partial charge in [-0.2, -0.15) is 0 Å². The highest BCUT2D eigenvalue weighted by Crippen LogP contribution is 2.35. The molecule has 1 rings (SSSR count). The normalized spacial score (nSPS) is 28.5. The quantitative estimate of drug-likeness (QED) is 0.748. The van der Waals surface area contributed by atoms with Crippen molar-refractivity contribution in [1.29, 1.82) is 0 Å². The largest absolute Gasteiger partial charge is 0.466 e. The highest BCUT2D eigenvalue weighted by atomic mass is 16.6. The molecule has 0 aromatic carbocycles. The van der Waals surface area contributed by atoms with Crippen LogP contribution in [0.4, 0.5) is 0 Å². The fourth-order valence-corrected chi connectivity index (χ4v) is 2.21. The predicted octanol–water partition coefficient (Wildman–Crippen LogP) is 1.03. The van der Waals surface area contributed by atoms with E-state index in [1.807, 2.05) is 0 Å². The van der Waals surface area contributed by atoms with Crippen molar-refractivity contribution in [3.63, 3.8) is 0 Å². The summed E-state index contributed by atoms with van der Waals surface area (Å²) < 4.78 is 9.74.